The van der Waals surface area contributed by atoms with E-state index < -0.39 is 0 Å². The highest BCUT2D eigenvalue weighted by molar-refractivity contribution is 4.59. The maximum atomic E-state index is 9.51. The summed E-state index contributed by atoms with van der Waals surface area (Å²) in [7, 11) is 4.07. The number of hydrogen-bond donors (Lipinski definition) is 2. The molecule has 0 aromatic carbocycles. The molecule has 0 spiro atoms. The van der Waals surface area contributed by atoms with E-state index in [1.807, 2.05) is 14.1 Å². The largest absolute Gasteiger partial charge is 0.389 e. The van der Waals surface area contributed by atoms with Gasteiger partial charge in [0.25, 0.3) is 0 Å². The smallest absolute Gasteiger partial charge is 0.0897 e. The maximum absolute atomic E-state index is 9.51. The molecule has 0 bridgehead atoms. The number of ether oxygens (including phenoxy) is 1. The van der Waals surface area contributed by atoms with Crippen LogP contribution in [0.2, 0.25) is 0 Å². The van der Waals surface area contributed by atoms with Crippen molar-refractivity contribution < 1.29 is 9.84 Å². The van der Waals surface area contributed by atoms with Crippen LogP contribution in [-0.2, 0) is 4.74 Å². The van der Waals surface area contributed by atoms with Crippen LogP contribution in [0.25, 0.3) is 0 Å². The Hall–Kier alpha value is -0.160. The molecule has 0 aliphatic heterocycles. The van der Waals surface area contributed by atoms with Crippen LogP contribution in [0.1, 0.15) is 19.8 Å². The molecular weight excluding hydrogens is 192 g/mol. The second-order valence-electron chi connectivity index (χ2n) is 4.09. The zero-order valence-electron chi connectivity index (χ0n) is 10.3. The number of nitrogens with one attached hydrogen (secondary N) is 1. The Morgan fingerprint density at radius 3 is 2.73 bits per heavy atom. The third-order valence-corrected chi connectivity index (χ3v) is 2.07. The van der Waals surface area contributed by atoms with E-state index in [4.69, 9.17) is 4.74 Å². The van der Waals surface area contributed by atoms with E-state index in [1.165, 1.54) is 0 Å². The summed E-state index contributed by atoms with van der Waals surface area (Å²) >= 11 is 0. The van der Waals surface area contributed by atoms with Gasteiger partial charge in [-0.1, -0.05) is 13.3 Å². The zero-order valence-corrected chi connectivity index (χ0v) is 10.3. The summed E-state index contributed by atoms with van der Waals surface area (Å²) in [6.45, 7) is 5.82. The Morgan fingerprint density at radius 1 is 1.40 bits per heavy atom. The van der Waals surface area contributed by atoms with Crippen molar-refractivity contribution in [3.8, 4) is 0 Å². The Kier molecular flexibility index (Phi) is 10.3. The minimum absolute atomic E-state index is 0.385. The monoisotopic (exact) mass is 218 g/mol. The van der Waals surface area contributed by atoms with Crippen molar-refractivity contribution in [2.75, 3.05) is 46.9 Å². The van der Waals surface area contributed by atoms with Gasteiger partial charge in [-0.15, -0.1) is 0 Å². The minimum atomic E-state index is -0.385. The molecule has 92 valence electrons. The van der Waals surface area contributed by atoms with Gasteiger partial charge in [-0.3, -0.25) is 0 Å². The van der Waals surface area contributed by atoms with Gasteiger partial charge in [-0.25, -0.2) is 0 Å². The first-order valence-electron chi connectivity index (χ1n) is 5.78. The first kappa shape index (κ1) is 14.8. The van der Waals surface area contributed by atoms with E-state index in [0.717, 1.165) is 32.5 Å². The molecule has 0 fully saturated rings. The van der Waals surface area contributed by atoms with Crippen molar-refractivity contribution in [1.29, 1.82) is 0 Å². The van der Waals surface area contributed by atoms with Crippen molar-refractivity contribution in [2.45, 2.75) is 25.9 Å². The quantitative estimate of drug-likeness (QED) is 0.518. The molecule has 0 aliphatic rings. The average Bonchev–Trinajstić information content (AvgIpc) is 2.19. The lowest BCUT2D eigenvalue weighted by Gasteiger charge is -2.14. The highest BCUT2D eigenvalue weighted by Gasteiger charge is 2.02. The molecule has 0 aromatic rings. The number of aliphatic hydroxyl groups excluding tert-OH is 1. The predicted molar refractivity (Wildman–Crippen MR) is 63.2 cm³/mol. The normalized spacial score (nSPS) is 13.4. The van der Waals surface area contributed by atoms with Crippen LogP contribution in [0.3, 0.4) is 0 Å². The summed E-state index contributed by atoms with van der Waals surface area (Å²) < 4.78 is 5.31. The molecule has 0 saturated heterocycles. The molecule has 0 heterocycles. The Balaban J connectivity index is 3.15. The lowest BCUT2D eigenvalue weighted by molar-refractivity contribution is 0.0359. The SMILES string of the molecule is CCCCOCC(O)CNCCN(C)C. The fraction of sp³-hybridized carbons (Fsp3) is 1.00. The molecular formula is C11H26N2O2. The highest BCUT2D eigenvalue weighted by Crippen LogP contribution is 1.90. The number of unbranched alkanes of at least 4 members (excludes halogenated alkanes) is 1. The molecule has 0 rings (SSSR count). The van der Waals surface area contributed by atoms with Crippen molar-refractivity contribution >= 4 is 0 Å². The molecule has 4 nitrogen and oxygen atoms in total. The van der Waals surface area contributed by atoms with E-state index in [2.05, 4.69) is 17.1 Å². The first-order valence-corrected chi connectivity index (χ1v) is 5.78. The van der Waals surface area contributed by atoms with Crippen LogP contribution in [0.5, 0.6) is 0 Å². The van der Waals surface area contributed by atoms with Gasteiger partial charge >= 0.3 is 0 Å². The number of nitrogens with zero attached hydrogens (tertiary/aromatic N) is 1. The first-order chi connectivity index (χ1) is 7.16. The Morgan fingerprint density at radius 2 is 2.13 bits per heavy atom. The van der Waals surface area contributed by atoms with Gasteiger partial charge < -0.3 is 20.1 Å². The van der Waals surface area contributed by atoms with Gasteiger partial charge in [0, 0.05) is 26.2 Å². The second kappa shape index (κ2) is 10.4. The highest BCUT2D eigenvalue weighted by atomic mass is 16.5. The summed E-state index contributed by atoms with van der Waals surface area (Å²) in [4.78, 5) is 2.11. The second-order valence-corrected chi connectivity index (χ2v) is 4.09. The molecule has 1 atom stereocenters. The van der Waals surface area contributed by atoms with Gasteiger partial charge in [-0.2, -0.15) is 0 Å². The van der Waals surface area contributed by atoms with Crippen molar-refractivity contribution in [3.05, 3.63) is 0 Å². The van der Waals surface area contributed by atoms with Gasteiger partial charge in [0.15, 0.2) is 0 Å². The fourth-order valence-corrected chi connectivity index (χ4v) is 1.10. The number of rotatable bonds is 10. The number of aliphatic hydroxyl groups is 1. The molecule has 0 radical (unpaired) electrons. The lowest BCUT2D eigenvalue weighted by Crippen LogP contribution is -2.34. The summed E-state index contributed by atoms with van der Waals surface area (Å²) in [6, 6.07) is 0. The molecule has 2 N–H and O–H groups in total. The molecule has 0 aliphatic carbocycles. The Bertz CT molecular complexity index is 132. The van der Waals surface area contributed by atoms with Crippen LogP contribution < -0.4 is 5.32 Å². The van der Waals surface area contributed by atoms with Gasteiger partial charge in [0.1, 0.15) is 0 Å². The topological polar surface area (TPSA) is 44.7 Å². The van der Waals surface area contributed by atoms with Crippen molar-refractivity contribution in [1.82, 2.24) is 10.2 Å². The number of hydrogen-bond acceptors (Lipinski definition) is 4. The molecule has 0 aromatic heterocycles. The number of likely N-dealkylation sites (N-methyl/N-ethyl adjacent to an activating group) is 1. The Labute approximate surface area is 93.6 Å². The predicted octanol–water partition coefficient (Wildman–Crippen LogP) is 0.315. The summed E-state index contributed by atoms with van der Waals surface area (Å²) in [5.74, 6) is 0. The van der Waals surface area contributed by atoms with E-state index in [1.54, 1.807) is 0 Å². The molecule has 0 amide bonds. The molecule has 15 heavy (non-hydrogen) atoms. The van der Waals surface area contributed by atoms with Crippen LogP contribution in [0.15, 0.2) is 0 Å². The third-order valence-electron chi connectivity index (χ3n) is 2.07. The van der Waals surface area contributed by atoms with E-state index >= 15 is 0 Å². The summed E-state index contributed by atoms with van der Waals surface area (Å²) in [5.41, 5.74) is 0. The van der Waals surface area contributed by atoms with Crippen LogP contribution in [0.4, 0.5) is 0 Å². The summed E-state index contributed by atoms with van der Waals surface area (Å²) in [6.07, 6.45) is 1.82. The van der Waals surface area contributed by atoms with Crippen molar-refractivity contribution in [2.24, 2.45) is 0 Å². The lowest BCUT2D eigenvalue weighted by atomic mass is 10.3. The fourth-order valence-electron chi connectivity index (χ4n) is 1.10. The van der Waals surface area contributed by atoms with E-state index in [0.29, 0.717) is 13.2 Å². The molecule has 0 saturated carbocycles. The minimum Gasteiger partial charge on any atom is -0.389 e. The summed E-state index contributed by atoms with van der Waals surface area (Å²) in [5, 5.41) is 12.7. The standard InChI is InChI=1S/C11H26N2O2/c1-4-5-8-15-10-11(14)9-12-6-7-13(2)3/h11-12,14H,4-10H2,1-3H3. The zero-order chi connectivity index (χ0) is 11.5. The van der Waals surface area contributed by atoms with Crippen LogP contribution in [-0.4, -0.2) is 63.1 Å². The van der Waals surface area contributed by atoms with Gasteiger partial charge in [-0.05, 0) is 20.5 Å². The third kappa shape index (κ3) is 11.8. The maximum Gasteiger partial charge on any atom is 0.0897 e. The van der Waals surface area contributed by atoms with Crippen LogP contribution >= 0.6 is 0 Å². The van der Waals surface area contributed by atoms with Gasteiger partial charge in [0.05, 0.1) is 12.7 Å². The van der Waals surface area contributed by atoms with Gasteiger partial charge in [0.2, 0.25) is 0 Å². The molecule has 1 unspecified atom stereocenters. The van der Waals surface area contributed by atoms with Crippen LogP contribution in [0, 0.1) is 0 Å². The molecule has 4 heteroatoms. The van der Waals surface area contributed by atoms with E-state index in [9.17, 15) is 5.11 Å². The van der Waals surface area contributed by atoms with Crippen molar-refractivity contribution in [3.63, 3.8) is 0 Å². The van der Waals surface area contributed by atoms with E-state index in [-0.39, 0.29) is 6.10 Å². The average molecular weight is 218 g/mol.